The van der Waals surface area contributed by atoms with E-state index in [1.807, 2.05) is 32.2 Å². The van der Waals surface area contributed by atoms with Crippen LogP contribution in [0.5, 0.6) is 0 Å². The largest absolute Gasteiger partial charge is 0.316 e. The van der Waals surface area contributed by atoms with Gasteiger partial charge >= 0.3 is 0 Å². The molecule has 0 atom stereocenters. The lowest BCUT2D eigenvalue weighted by Gasteiger charge is -2.25. The molecule has 0 aliphatic heterocycles. The zero-order valence-corrected chi connectivity index (χ0v) is 14.2. The van der Waals surface area contributed by atoms with Crippen LogP contribution < -0.4 is 5.32 Å². The van der Waals surface area contributed by atoms with Gasteiger partial charge in [0.15, 0.2) is 0 Å². The lowest BCUT2D eigenvalue weighted by atomic mass is 10.1. The first-order valence-corrected chi connectivity index (χ1v) is 9.06. The maximum Gasteiger partial charge on any atom is 0.243 e. The number of aryl methyl sites for hydroxylation is 1. The molecule has 1 saturated carbocycles. The normalized spacial score (nSPS) is 15.9. The smallest absolute Gasteiger partial charge is 0.243 e. The van der Waals surface area contributed by atoms with Gasteiger partial charge in [0.25, 0.3) is 0 Å². The summed E-state index contributed by atoms with van der Waals surface area (Å²) in [7, 11) is -1.53. The van der Waals surface area contributed by atoms with Gasteiger partial charge in [0.1, 0.15) is 0 Å². The molecule has 0 aromatic heterocycles. The zero-order valence-electron chi connectivity index (χ0n) is 13.4. The summed E-state index contributed by atoms with van der Waals surface area (Å²) < 4.78 is 27.8. The topological polar surface area (TPSA) is 49.4 Å². The fourth-order valence-corrected chi connectivity index (χ4v) is 4.65. The number of hydrogen-bond acceptors (Lipinski definition) is 3. The molecule has 0 spiro atoms. The van der Waals surface area contributed by atoms with E-state index in [1.54, 1.807) is 4.31 Å². The monoisotopic (exact) mass is 310 g/mol. The van der Waals surface area contributed by atoms with E-state index in [-0.39, 0.29) is 6.04 Å². The molecule has 0 radical (unpaired) electrons. The van der Waals surface area contributed by atoms with Crippen molar-refractivity contribution in [2.75, 3.05) is 13.6 Å². The summed E-state index contributed by atoms with van der Waals surface area (Å²) in [6, 6.07) is 5.90. The molecule has 5 heteroatoms. The third-order valence-electron chi connectivity index (χ3n) is 3.72. The van der Waals surface area contributed by atoms with E-state index >= 15 is 0 Å². The third-order valence-corrected chi connectivity index (χ3v) is 5.78. The van der Waals surface area contributed by atoms with Crippen LogP contribution in [0.2, 0.25) is 0 Å². The summed E-state index contributed by atoms with van der Waals surface area (Å²) in [6.45, 7) is 7.28. The minimum atomic E-state index is -3.40. The predicted octanol–water partition coefficient (Wildman–Crippen LogP) is 2.52. The van der Waals surface area contributed by atoms with Gasteiger partial charge in [-0.2, -0.15) is 4.31 Å². The summed E-state index contributed by atoms with van der Waals surface area (Å²) >= 11 is 0. The van der Waals surface area contributed by atoms with Gasteiger partial charge in [-0.25, -0.2) is 8.42 Å². The summed E-state index contributed by atoms with van der Waals surface area (Å²) in [5, 5.41) is 3.07. The lowest BCUT2D eigenvalue weighted by Crippen LogP contribution is -2.36. The molecule has 1 aromatic rings. The van der Waals surface area contributed by atoms with E-state index in [0.717, 1.165) is 24.0 Å². The summed E-state index contributed by atoms with van der Waals surface area (Å²) in [5.41, 5.74) is 1.83. The highest BCUT2D eigenvalue weighted by atomic mass is 32.2. The molecule has 0 saturated heterocycles. The van der Waals surface area contributed by atoms with Crippen molar-refractivity contribution < 1.29 is 8.42 Å². The molecule has 0 bridgehead atoms. The molecule has 1 fully saturated rings. The molecule has 1 aliphatic rings. The van der Waals surface area contributed by atoms with Crippen LogP contribution in [0.3, 0.4) is 0 Å². The molecule has 1 N–H and O–H groups in total. The van der Waals surface area contributed by atoms with Gasteiger partial charge in [-0.3, -0.25) is 0 Å². The van der Waals surface area contributed by atoms with Crippen molar-refractivity contribution in [2.24, 2.45) is 5.92 Å². The molecule has 0 unspecified atom stereocenters. The van der Waals surface area contributed by atoms with Gasteiger partial charge in [-0.15, -0.1) is 0 Å². The molecule has 1 aromatic carbocycles. The zero-order chi connectivity index (χ0) is 15.6. The summed E-state index contributed by atoms with van der Waals surface area (Å²) in [5.74, 6) is 0.334. The molecule has 21 heavy (non-hydrogen) atoms. The fourth-order valence-electron chi connectivity index (χ4n) is 2.53. The Balaban J connectivity index is 2.39. The molecular weight excluding hydrogens is 284 g/mol. The molecule has 0 heterocycles. The maximum atomic E-state index is 13.0. The Hall–Kier alpha value is -0.910. The quantitative estimate of drug-likeness (QED) is 0.842. The Labute approximate surface area is 128 Å². The summed E-state index contributed by atoms with van der Waals surface area (Å²) in [6.07, 6.45) is 1.97. The Kier molecular flexibility index (Phi) is 5.07. The van der Waals surface area contributed by atoms with Gasteiger partial charge in [0, 0.05) is 19.1 Å². The first-order chi connectivity index (χ1) is 9.86. The number of nitrogens with zero attached hydrogens (tertiary/aromatic N) is 1. The number of hydrogen-bond donors (Lipinski definition) is 1. The second-order valence-corrected chi connectivity index (χ2v) is 8.19. The Morgan fingerprint density at radius 1 is 1.33 bits per heavy atom. The third kappa shape index (κ3) is 3.84. The van der Waals surface area contributed by atoms with Gasteiger partial charge in [-0.1, -0.05) is 26.0 Å². The van der Waals surface area contributed by atoms with E-state index in [4.69, 9.17) is 0 Å². The van der Waals surface area contributed by atoms with Crippen LogP contribution in [0.25, 0.3) is 0 Å². The van der Waals surface area contributed by atoms with Crippen molar-refractivity contribution in [2.45, 2.75) is 51.1 Å². The van der Waals surface area contributed by atoms with E-state index < -0.39 is 10.0 Å². The molecule has 1 aliphatic carbocycles. The SMILES string of the molecule is CNCc1ccc(C)c(S(=O)(=O)N(CC(C)C)C2CC2)c1. The van der Waals surface area contributed by atoms with Gasteiger partial charge in [-0.05, 0) is 49.9 Å². The Bertz CT molecular complexity index is 592. The van der Waals surface area contributed by atoms with E-state index in [9.17, 15) is 8.42 Å². The van der Waals surface area contributed by atoms with Gasteiger partial charge in [0.05, 0.1) is 4.90 Å². The average Bonchev–Trinajstić information content (AvgIpc) is 3.22. The minimum Gasteiger partial charge on any atom is -0.316 e. The Morgan fingerprint density at radius 2 is 2.00 bits per heavy atom. The number of rotatable bonds is 7. The molecule has 2 rings (SSSR count). The van der Waals surface area contributed by atoms with E-state index in [0.29, 0.717) is 23.9 Å². The van der Waals surface area contributed by atoms with Crippen molar-refractivity contribution in [3.8, 4) is 0 Å². The van der Waals surface area contributed by atoms with Crippen LogP contribution in [-0.4, -0.2) is 32.4 Å². The van der Waals surface area contributed by atoms with Crippen molar-refractivity contribution in [3.63, 3.8) is 0 Å². The number of nitrogens with one attached hydrogen (secondary N) is 1. The lowest BCUT2D eigenvalue weighted by molar-refractivity contribution is 0.360. The highest BCUT2D eigenvalue weighted by Gasteiger charge is 2.38. The van der Waals surface area contributed by atoms with Crippen LogP contribution in [0.15, 0.2) is 23.1 Å². The highest BCUT2D eigenvalue weighted by Crippen LogP contribution is 2.33. The van der Waals surface area contributed by atoms with Crippen molar-refractivity contribution in [1.29, 1.82) is 0 Å². The standard InChI is InChI=1S/C16H26N2O2S/c1-12(2)11-18(15-7-8-15)21(19,20)16-9-14(10-17-4)6-5-13(16)3/h5-6,9,12,15,17H,7-8,10-11H2,1-4H3. The fraction of sp³-hybridized carbons (Fsp3) is 0.625. The molecule has 4 nitrogen and oxygen atoms in total. The van der Waals surface area contributed by atoms with Crippen LogP contribution in [0, 0.1) is 12.8 Å². The van der Waals surface area contributed by atoms with Crippen LogP contribution in [0.4, 0.5) is 0 Å². The van der Waals surface area contributed by atoms with Gasteiger partial charge < -0.3 is 5.32 Å². The first-order valence-electron chi connectivity index (χ1n) is 7.62. The molecular formula is C16H26N2O2S. The van der Waals surface area contributed by atoms with Crippen molar-refractivity contribution in [1.82, 2.24) is 9.62 Å². The average molecular weight is 310 g/mol. The maximum absolute atomic E-state index is 13.0. The predicted molar refractivity (Wildman–Crippen MR) is 85.7 cm³/mol. The van der Waals surface area contributed by atoms with Crippen LogP contribution >= 0.6 is 0 Å². The van der Waals surface area contributed by atoms with E-state index in [2.05, 4.69) is 19.2 Å². The minimum absolute atomic E-state index is 0.199. The first kappa shape index (κ1) is 16.5. The van der Waals surface area contributed by atoms with Crippen LogP contribution in [-0.2, 0) is 16.6 Å². The summed E-state index contributed by atoms with van der Waals surface area (Å²) in [4.78, 5) is 0.461. The second kappa shape index (κ2) is 6.46. The number of benzene rings is 1. The number of sulfonamides is 1. The molecule has 118 valence electrons. The van der Waals surface area contributed by atoms with Crippen molar-refractivity contribution in [3.05, 3.63) is 29.3 Å². The second-order valence-electron chi connectivity index (χ2n) is 6.33. The Morgan fingerprint density at radius 3 is 2.52 bits per heavy atom. The van der Waals surface area contributed by atoms with Crippen LogP contribution in [0.1, 0.15) is 37.8 Å². The van der Waals surface area contributed by atoms with E-state index in [1.165, 1.54) is 0 Å². The molecule has 0 amide bonds. The highest BCUT2D eigenvalue weighted by molar-refractivity contribution is 7.89. The van der Waals surface area contributed by atoms with Gasteiger partial charge in [0.2, 0.25) is 10.0 Å². The van der Waals surface area contributed by atoms with Crippen molar-refractivity contribution >= 4 is 10.0 Å².